The Bertz CT molecular complexity index is 459. The summed E-state index contributed by atoms with van der Waals surface area (Å²) in [6, 6.07) is 1.98. The number of thiophene rings is 1. The molecule has 1 amide bonds. The number of carbonyl (C=O) groups excluding carboxylic acids is 1. The number of aliphatic hydroxyl groups is 1. The Hall–Kier alpha value is -1.35. The maximum absolute atomic E-state index is 11.7. The number of hydrogen-bond acceptors (Lipinski definition) is 4. The zero-order valence-electron chi connectivity index (χ0n) is 11.3. The average Bonchev–Trinajstić information content (AvgIpc) is 2.83. The number of methoxy groups -OCH3 is 1. The maximum Gasteiger partial charge on any atom is 0.224 e. The van der Waals surface area contributed by atoms with E-state index in [4.69, 9.17) is 9.84 Å². The molecule has 5 heteroatoms. The van der Waals surface area contributed by atoms with Gasteiger partial charge in [-0.1, -0.05) is 11.8 Å². The van der Waals surface area contributed by atoms with E-state index in [1.807, 2.05) is 11.4 Å². The Kier molecular flexibility index (Phi) is 7.19. The second-order valence-corrected chi connectivity index (χ2v) is 5.00. The van der Waals surface area contributed by atoms with E-state index in [9.17, 15) is 4.79 Å². The molecule has 0 aliphatic carbocycles. The molecular formula is C14H19NO3S. The summed E-state index contributed by atoms with van der Waals surface area (Å²) >= 11 is 1.55. The minimum Gasteiger partial charge on any atom is -0.395 e. The molecule has 0 aromatic carbocycles. The Morgan fingerprint density at radius 2 is 2.37 bits per heavy atom. The SMILES string of the molecule is COCCC(=O)N(C)Cc1csc(C#CCCO)c1. The van der Waals surface area contributed by atoms with Crippen molar-refractivity contribution in [2.75, 3.05) is 27.4 Å². The van der Waals surface area contributed by atoms with Gasteiger partial charge >= 0.3 is 0 Å². The highest BCUT2D eigenvalue weighted by Gasteiger charge is 2.09. The molecule has 1 rings (SSSR count). The van der Waals surface area contributed by atoms with Crippen molar-refractivity contribution in [1.29, 1.82) is 0 Å². The van der Waals surface area contributed by atoms with Gasteiger partial charge in [0.15, 0.2) is 0 Å². The zero-order chi connectivity index (χ0) is 14.1. The lowest BCUT2D eigenvalue weighted by atomic mass is 10.2. The number of aliphatic hydroxyl groups excluding tert-OH is 1. The van der Waals surface area contributed by atoms with Crippen LogP contribution >= 0.6 is 11.3 Å². The molecule has 1 heterocycles. The minimum atomic E-state index is 0.0703. The van der Waals surface area contributed by atoms with Crippen LogP contribution in [0.15, 0.2) is 11.4 Å². The fraction of sp³-hybridized carbons (Fsp3) is 0.500. The molecule has 0 unspecified atom stereocenters. The van der Waals surface area contributed by atoms with Gasteiger partial charge in [-0.3, -0.25) is 4.79 Å². The van der Waals surface area contributed by atoms with E-state index in [-0.39, 0.29) is 12.5 Å². The third-order valence-electron chi connectivity index (χ3n) is 2.47. The average molecular weight is 281 g/mol. The van der Waals surface area contributed by atoms with Crippen LogP contribution in [0.25, 0.3) is 0 Å². The van der Waals surface area contributed by atoms with Crippen LogP contribution in [0.3, 0.4) is 0 Å². The molecule has 1 N–H and O–H groups in total. The van der Waals surface area contributed by atoms with Crippen molar-refractivity contribution >= 4 is 17.2 Å². The third kappa shape index (κ3) is 5.88. The molecule has 1 aromatic rings. The predicted molar refractivity (Wildman–Crippen MR) is 75.9 cm³/mol. The molecule has 0 fully saturated rings. The maximum atomic E-state index is 11.7. The molecule has 0 spiro atoms. The van der Waals surface area contributed by atoms with Crippen LogP contribution < -0.4 is 0 Å². The van der Waals surface area contributed by atoms with Crippen molar-refractivity contribution in [2.45, 2.75) is 19.4 Å². The molecule has 1 aromatic heterocycles. The quantitative estimate of drug-likeness (QED) is 0.804. The lowest BCUT2D eigenvalue weighted by molar-refractivity contribution is -0.131. The second-order valence-electron chi connectivity index (χ2n) is 4.09. The number of ether oxygens (including phenoxy) is 1. The van der Waals surface area contributed by atoms with Gasteiger partial charge in [0.1, 0.15) is 0 Å². The summed E-state index contributed by atoms with van der Waals surface area (Å²) in [6.45, 7) is 1.12. The summed E-state index contributed by atoms with van der Waals surface area (Å²) in [4.78, 5) is 14.4. The largest absolute Gasteiger partial charge is 0.395 e. The number of rotatable bonds is 6. The fourth-order valence-corrected chi connectivity index (χ4v) is 2.24. The van der Waals surface area contributed by atoms with Gasteiger partial charge in [0, 0.05) is 27.1 Å². The molecule has 19 heavy (non-hydrogen) atoms. The van der Waals surface area contributed by atoms with Gasteiger partial charge in [-0.15, -0.1) is 11.3 Å². The van der Waals surface area contributed by atoms with Gasteiger partial charge < -0.3 is 14.7 Å². The van der Waals surface area contributed by atoms with Crippen LogP contribution in [-0.4, -0.2) is 43.3 Å². The van der Waals surface area contributed by atoms with Crippen LogP contribution in [0.2, 0.25) is 0 Å². The molecule has 0 aliphatic rings. The monoisotopic (exact) mass is 281 g/mol. The van der Waals surface area contributed by atoms with Gasteiger partial charge in [0.05, 0.1) is 24.5 Å². The topological polar surface area (TPSA) is 49.8 Å². The van der Waals surface area contributed by atoms with E-state index < -0.39 is 0 Å². The molecule has 104 valence electrons. The Morgan fingerprint density at radius 1 is 1.58 bits per heavy atom. The molecule has 0 atom stereocenters. The summed E-state index contributed by atoms with van der Waals surface area (Å²) < 4.78 is 4.89. The first-order valence-corrected chi connectivity index (χ1v) is 6.95. The van der Waals surface area contributed by atoms with E-state index >= 15 is 0 Å². The van der Waals surface area contributed by atoms with Crippen LogP contribution in [0.1, 0.15) is 23.3 Å². The van der Waals surface area contributed by atoms with E-state index in [0.29, 0.717) is 26.0 Å². The van der Waals surface area contributed by atoms with Crippen molar-refractivity contribution in [2.24, 2.45) is 0 Å². The van der Waals surface area contributed by atoms with Crippen LogP contribution in [0, 0.1) is 11.8 Å². The number of hydrogen-bond donors (Lipinski definition) is 1. The predicted octanol–water partition coefficient (Wildman–Crippen LogP) is 1.48. The standard InChI is InChI=1S/C14H19NO3S/c1-15(14(17)6-8-18-2)10-12-9-13(19-11-12)5-3-4-7-16/h9,11,16H,4,6-8,10H2,1-2H3. The summed E-state index contributed by atoms with van der Waals surface area (Å²) in [5.74, 6) is 5.94. The van der Waals surface area contributed by atoms with Crippen LogP contribution in [0.5, 0.6) is 0 Å². The number of nitrogens with zero attached hydrogens (tertiary/aromatic N) is 1. The molecular weight excluding hydrogens is 262 g/mol. The molecule has 0 aliphatic heterocycles. The van der Waals surface area contributed by atoms with Crippen LogP contribution in [-0.2, 0) is 16.1 Å². The molecule has 0 radical (unpaired) electrons. The summed E-state index contributed by atoms with van der Waals surface area (Å²) in [5.41, 5.74) is 1.08. The zero-order valence-corrected chi connectivity index (χ0v) is 12.1. The Balaban J connectivity index is 2.49. The van der Waals surface area contributed by atoms with Crippen molar-refractivity contribution < 1.29 is 14.6 Å². The van der Waals surface area contributed by atoms with Crippen molar-refractivity contribution in [3.8, 4) is 11.8 Å². The fourth-order valence-electron chi connectivity index (χ4n) is 1.47. The second kappa shape index (κ2) is 8.70. The van der Waals surface area contributed by atoms with Crippen molar-refractivity contribution in [1.82, 2.24) is 4.90 Å². The molecule has 0 saturated carbocycles. The van der Waals surface area contributed by atoms with E-state index in [0.717, 1.165) is 10.4 Å². The van der Waals surface area contributed by atoms with E-state index in [2.05, 4.69) is 11.8 Å². The highest BCUT2D eigenvalue weighted by molar-refractivity contribution is 7.10. The summed E-state index contributed by atoms with van der Waals surface area (Å²) in [6.07, 6.45) is 0.892. The van der Waals surface area contributed by atoms with Gasteiger partial charge in [-0.2, -0.15) is 0 Å². The smallest absolute Gasteiger partial charge is 0.224 e. The molecule has 4 nitrogen and oxygen atoms in total. The minimum absolute atomic E-state index is 0.0703. The molecule has 0 bridgehead atoms. The normalized spacial score (nSPS) is 9.84. The third-order valence-corrected chi connectivity index (χ3v) is 3.36. The first-order chi connectivity index (χ1) is 9.17. The van der Waals surface area contributed by atoms with E-state index in [1.54, 1.807) is 30.4 Å². The first-order valence-electron chi connectivity index (χ1n) is 6.07. The highest BCUT2D eigenvalue weighted by Crippen LogP contribution is 2.15. The summed E-state index contributed by atoms with van der Waals surface area (Å²) in [7, 11) is 3.37. The Labute approximate surface area is 118 Å². The van der Waals surface area contributed by atoms with Crippen molar-refractivity contribution in [3.05, 3.63) is 21.9 Å². The van der Waals surface area contributed by atoms with Crippen LogP contribution in [0.4, 0.5) is 0 Å². The van der Waals surface area contributed by atoms with Gasteiger partial charge in [0.25, 0.3) is 0 Å². The molecule has 0 saturated heterocycles. The lowest BCUT2D eigenvalue weighted by Crippen LogP contribution is -2.26. The Morgan fingerprint density at radius 3 is 3.05 bits per heavy atom. The van der Waals surface area contributed by atoms with Gasteiger partial charge in [-0.05, 0) is 17.0 Å². The highest BCUT2D eigenvalue weighted by atomic mass is 32.1. The lowest BCUT2D eigenvalue weighted by Gasteiger charge is -2.15. The number of carbonyl (C=O) groups is 1. The van der Waals surface area contributed by atoms with Crippen molar-refractivity contribution in [3.63, 3.8) is 0 Å². The van der Waals surface area contributed by atoms with Gasteiger partial charge in [0.2, 0.25) is 5.91 Å². The first kappa shape index (κ1) is 15.7. The number of amides is 1. The van der Waals surface area contributed by atoms with Gasteiger partial charge in [-0.25, -0.2) is 0 Å². The van der Waals surface area contributed by atoms with E-state index in [1.165, 1.54) is 0 Å². The summed E-state index contributed by atoms with van der Waals surface area (Å²) in [5, 5.41) is 10.6.